The number of hydrogen-bond acceptors (Lipinski definition) is 3. The highest BCUT2D eigenvalue weighted by atomic mass is 28.3. The van der Waals surface area contributed by atoms with Crippen LogP contribution >= 0.6 is 0 Å². The molecular weight excluding hydrogens is 156 g/mol. The van der Waals surface area contributed by atoms with E-state index in [1.807, 2.05) is 0 Å². The van der Waals surface area contributed by atoms with Crippen molar-refractivity contribution in [1.29, 1.82) is 0 Å². The topological polar surface area (TPSA) is 15.7 Å². The molecule has 0 aliphatic carbocycles. The molecule has 3 nitrogen and oxygen atoms in total. The monoisotopic (exact) mass is 176 g/mol. The van der Waals surface area contributed by atoms with Crippen molar-refractivity contribution < 1.29 is 4.43 Å². The Balaban J connectivity index is 3.90. The second-order valence-corrected chi connectivity index (χ2v) is 6.43. The quantitative estimate of drug-likeness (QED) is 0.571. The lowest BCUT2D eigenvalue weighted by molar-refractivity contribution is 0.187. The molecule has 0 rings (SSSR count). The zero-order valence-corrected chi connectivity index (χ0v) is 9.61. The molecule has 0 N–H and O–H groups in total. The van der Waals surface area contributed by atoms with Crippen LogP contribution < -0.4 is 0 Å². The van der Waals surface area contributed by atoms with Crippen molar-refractivity contribution in [2.24, 2.45) is 0 Å². The molecule has 0 heterocycles. The maximum absolute atomic E-state index is 5.76. The molecule has 0 aliphatic heterocycles. The fraction of sp³-hybridized carbons (Fsp3) is 1.00. The van der Waals surface area contributed by atoms with E-state index in [4.69, 9.17) is 4.43 Å². The van der Waals surface area contributed by atoms with Crippen LogP contribution in [0.3, 0.4) is 0 Å². The van der Waals surface area contributed by atoms with Gasteiger partial charge in [0.15, 0.2) is 0 Å². The molecule has 0 aromatic rings. The van der Waals surface area contributed by atoms with Gasteiger partial charge in [-0.05, 0) is 42.0 Å². The highest BCUT2D eigenvalue weighted by molar-refractivity contribution is 6.45. The van der Waals surface area contributed by atoms with Gasteiger partial charge in [-0.3, -0.25) is 9.13 Å². The Bertz CT molecular complexity index is 98.6. The summed E-state index contributed by atoms with van der Waals surface area (Å²) >= 11 is 0. The van der Waals surface area contributed by atoms with Crippen molar-refractivity contribution in [3.8, 4) is 0 Å². The summed E-state index contributed by atoms with van der Waals surface area (Å²) < 4.78 is 10.1. The Morgan fingerprint density at radius 1 is 1.00 bits per heavy atom. The van der Waals surface area contributed by atoms with E-state index >= 15 is 0 Å². The fourth-order valence-corrected chi connectivity index (χ4v) is 2.85. The standard InChI is InChI=1S/C7H20N2OSi/c1-7(2)10-11(8(3)4)9(5)6/h7,11H,1-6H3. The normalized spacial score (nSPS) is 12.5. The van der Waals surface area contributed by atoms with Gasteiger partial charge in [0.1, 0.15) is 0 Å². The molecule has 0 saturated heterocycles. The molecule has 0 radical (unpaired) electrons. The zero-order chi connectivity index (χ0) is 9.02. The van der Waals surface area contributed by atoms with E-state index in [1.165, 1.54) is 0 Å². The molecular formula is C7H20N2OSi. The highest BCUT2D eigenvalue weighted by Crippen LogP contribution is 1.98. The van der Waals surface area contributed by atoms with Gasteiger partial charge in [-0.2, -0.15) is 0 Å². The summed E-state index contributed by atoms with van der Waals surface area (Å²) in [6.45, 7) is 4.15. The summed E-state index contributed by atoms with van der Waals surface area (Å²) in [7, 11) is 7.00. The third-order valence-electron chi connectivity index (χ3n) is 1.28. The van der Waals surface area contributed by atoms with Crippen LogP contribution in [0.2, 0.25) is 0 Å². The maximum atomic E-state index is 5.76. The average molecular weight is 176 g/mol. The van der Waals surface area contributed by atoms with Crippen LogP contribution in [-0.2, 0) is 4.43 Å². The summed E-state index contributed by atoms with van der Waals surface area (Å²) in [5.74, 6) is 0. The van der Waals surface area contributed by atoms with Gasteiger partial charge in [0, 0.05) is 6.10 Å². The second-order valence-electron chi connectivity index (χ2n) is 3.44. The molecule has 0 saturated carbocycles. The van der Waals surface area contributed by atoms with Crippen molar-refractivity contribution in [3.63, 3.8) is 0 Å². The lowest BCUT2D eigenvalue weighted by Gasteiger charge is -2.29. The minimum absolute atomic E-state index is 0.330. The first-order chi connectivity index (χ1) is 4.95. The molecule has 0 bridgehead atoms. The lowest BCUT2D eigenvalue weighted by atomic mass is 10.5. The maximum Gasteiger partial charge on any atom is 0.339 e. The van der Waals surface area contributed by atoms with E-state index in [0.717, 1.165) is 0 Å². The van der Waals surface area contributed by atoms with Gasteiger partial charge in [0.2, 0.25) is 0 Å². The largest absolute Gasteiger partial charge is 0.391 e. The van der Waals surface area contributed by atoms with E-state index in [0.29, 0.717) is 6.10 Å². The summed E-state index contributed by atoms with van der Waals surface area (Å²) in [4.78, 5) is 0. The van der Waals surface area contributed by atoms with Crippen LogP contribution in [-0.4, -0.2) is 52.8 Å². The molecule has 0 unspecified atom stereocenters. The number of nitrogens with zero attached hydrogens (tertiary/aromatic N) is 2. The van der Waals surface area contributed by atoms with E-state index in [2.05, 4.69) is 51.2 Å². The van der Waals surface area contributed by atoms with Gasteiger partial charge in [-0.25, -0.2) is 0 Å². The third kappa shape index (κ3) is 4.52. The van der Waals surface area contributed by atoms with Crippen LogP contribution in [0.5, 0.6) is 0 Å². The summed E-state index contributed by atoms with van der Waals surface area (Å²) in [6.07, 6.45) is 0.330. The lowest BCUT2D eigenvalue weighted by Crippen LogP contribution is -2.49. The van der Waals surface area contributed by atoms with E-state index in [9.17, 15) is 0 Å². The molecule has 0 aliphatic rings. The first-order valence-corrected chi connectivity index (χ1v) is 5.44. The first-order valence-electron chi connectivity index (χ1n) is 3.93. The summed E-state index contributed by atoms with van der Waals surface area (Å²) in [6, 6.07) is 0. The van der Waals surface area contributed by atoms with Crippen LogP contribution in [0, 0.1) is 0 Å². The molecule has 68 valence electrons. The SMILES string of the molecule is CC(C)O[SiH](N(C)C)N(C)C. The molecule has 0 spiro atoms. The molecule has 0 aromatic heterocycles. The molecule has 0 aromatic carbocycles. The van der Waals surface area contributed by atoms with E-state index in [-0.39, 0.29) is 0 Å². The Morgan fingerprint density at radius 3 is 1.45 bits per heavy atom. The number of hydrogen-bond donors (Lipinski definition) is 0. The fourth-order valence-electron chi connectivity index (χ4n) is 0.949. The van der Waals surface area contributed by atoms with Gasteiger partial charge < -0.3 is 4.43 Å². The molecule has 0 fully saturated rings. The summed E-state index contributed by atoms with van der Waals surface area (Å²) in [5, 5.41) is 0. The highest BCUT2D eigenvalue weighted by Gasteiger charge is 2.19. The molecule has 0 atom stereocenters. The van der Waals surface area contributed by atoms with Crippen LogP contribution in [0.15, 0.2) is 0 Å². The third-order valence-corrected chi connectivity index (χ3v) is 3.83. The van der Waals surface area contributed by atoms with Gasteiger partial charge in [-0.15, -0.1) is 0 Å². The van der Waals surface area contributed by atoms with Gasteiger partial charge >= 0.3 is 9.36 Å². The van der Waals surface area contributed by atoms with E-state index in [1.54, 1.807) is 0 Å². The van der Waals surface area contributed by atoms with Crippen LogP contribution in [0.4, 0.5) is 0 Å². The van der Waals surface area contributed by atoms with Crippen molar-refractivity contribution in [2.45, 2.75) is 20.0 Å². The van der Waals surface area contributed by atoms with Crippen molar-refractivity contribution in [1.82, 2.24) is 9.13 Å². The van der Waals surface area contributed by atoms with Crippen LogP contribution in [0.1, 0.15) is 13.8 Å². The van der Waals surface area contributed by atoms with Crippen molar-refractivity contribution >= 4 is 9.36 Å². The minimum atomic E-state index is -1.27. The van der Waals surface area contributed by atoms with Gasteiger partial charge in [0.05, 0.1) is 0 Å². The Morgan fingerprint density at radius 2 is 1.36 bits per heavy atom. The van der Waals surface area contributed by atoms with Gasteiger partial charge in [0.25, 0.3) is 0 Å². The summed E-state index contributed by atoms with van der Waals surface area (Å²) in [5.41, 5.74) is 0. The smallest absolute Gasteiger partial charge is 0.339 e. The zero-order valence-electron chi connectivity index (χ0n) is 8.46. The molecule has 4 heteroatoms. The van der Waals surface area contributed by atoms with Crippen LogP contribution in [0.25, 0.3) is 0 Å². The van der Waals surface area contributed by atoms with E-state index < -0.39 is 9.36 Å². The predicted molar refractivity (Wildman–Crippen MR) is 50.7 cm³/mol. The minimum Gasteiger partial charge on any atom is -0.391 e. The Kier molecular flexibility index (Phi) is 4.91. The predicted octanol–water partition coefficient (Wildman–Crippen LogP) is 0.252. The second kappa shape index (κ2) is 4.87. The Labute approximate surface area is 71.8 Å². The molecule has 11 heavy (non-hydrogen) atoms. The Hall–Kier alpha value is 0.0969. The van der Waals surface area contributed by atoms with Crippen molar-refractivity contribution in [3.05, 3.63) is 0 Å². The number of rotatable bonds is 4. The van der Waals surface area contributed by atoms with Gasteiger partial charge in [-0.1, -0.05) is 0 Å². The van der Waals surface area contributed by atoms with Crippen molar-refractivity contribution in [2.75, 3.05) is 28.2 Å². The molecule has 0 amide bonds. The first kappa shape index (κ1) is 11.1. The average Bonchev–Trinajstić information content (AvgIpc) is 1.81.